The number of carbonyl (C=O) groups is 1. The summed E-state index contributed by atoms with van der Waals surface area (Å²) < 4.78 is 40.9. The van der Waals surface area contributed by atoms with Gasteiger partial charge >= 0.3 is 0 Å². The van der Waals surface area contributed by atoms with Crippen LogP contribution in [0.25, 0.3) is 0 Å². The average molecular weight is 339 g/mol. The van der Waals surface area contributed by atoms with Crippen molar-refractivity contribution in [3.8, 4) is 0 Å². The number of sulfonamides is 1. The Morgan fingerprint density at radius 2 is 2.10 bits per heavy atom. The number of unbranched alkanes of at least 4 members (excludes halogenated alkanes) is 1. The first kappa shape index (κ1) is 17.8. The van der Waals surface area contributed by atoms with Crippen molar-refractivity contribution in [2.45, 2.75) is 17.7 Å². The highest BCUT2D eigenvalue weighted by Gasteiger charge is 2.19. The highest BCUT2D eigenvalue weighted by Crippen LogP contribution is 2.23. The second-order valence-electron chi connectivity index (χ2n) is 4.27. The molecule has 0 fully saturated rings. The summed E-state index contributed by atoms with van der Waals surface area (Å²) in [7, 11) is -2.56. The van der Waals surface area contributed by atoms with Crippen LogP contribution in [0.4, 0.5) is 4.39 Å². The predicted octanol–water partition coefficient (Wildman–Crippen LogP) is 1.28. The average Bonchev–Trinajstić information content (AvgIpc) is 2.40. The molecule has 0 aliphatic heterocycles. The quantitative estimate of drug-likeness (QED) is 0.732. The van der Waals surface area contributed by atoms with E-state index in [9.17, 15) is 17.6 Å². The minimum Gasteiger partial charge on any atom is -0.385 e. The SMILES string of the molecule is COCCCCNC(=O)c1cc(S(N)(=O)=O)cc(F)c1Cl. The van der Waals surface area contributed by atoms with Crippen molar-refractivity contribution in [1.82, 2.24) is 5.32 Å². The van der Waals surface area contributed by atoms with Gasteiger partial charge in [-0.2, -0.15) is 0 Å². The lowest BCUT2D eigenvalue weighted by Gasteiger charge is -2.09. The first-order chi connectivity index (χ1) is 9.77. The molecule has 0 aliphatic carbocycles. The highest BCUT2D eigenvalue weighted by molar-refractivity contribution is 7.89. The van der Waals surface area contributed by atoms with E-state index >= 15 is 0 Å². The van der Waals surface area contributed by atoms with Crippen molar-refractivity contribution in [3.05, 3.63) is 28.5 Å². The molecule has 0 bridgehead atoms. The molecule has 0 aliphatic rings. The van der Waals surface area contributed by atoms with E-state index in [-0.39, 0.29) is 5.56 Å². The van der Waals surface area contributed by atoms with Crippen LogP contribution in [0.3, 0.4) is 0 Å². The fourth-order valence-corrected chi connectivity index (χ4v) is 2.31. The van der Waals surface area contributed by atoms with Crippen LogP contribution in [0.2, 0.25) is 5.02 Å². The zero-order valence-corrected chi connectivity index (χ0v) is 12.9. The number of nitrogens with two attached hydrogens (primary N) is 1. The first-order valence-electron chi connectivity index (χ1n) is 6.06. The third-order valence-corrected chi connectivity index (χ3v) is 3.91. The summed E-state index contributed by atoms with van der Waals surface area (Å²) in [5, 5.41) is 6.99. The van der Waals surface area contributed by atoms with Crippen LogP contribution < -0.4 is 10.5 Å². The summed E-state index contributed by atoms with van der Waals surface area (Å²) in [6, 6.07) is 1.62. The van der Waals surface area contributed by atoms with E-state index in [1.165, 1.54) is 0 Å². The smallest absolute Gasteiger partial charge is 0.252 e. The summed E-state index contributed by atoms with van der Waals surface area (Å²) in [5.41, 5.74) is -0.271. The monoisotopic (exact) mass is 338 g/mol. The van der Waals surface area contributed by atoms with E-state index in [2.05, 4.69) is 5.32 Å². The van der Waals surface area contributed by atoms with Crippen LogP contribution >= 0.6 is 11.6 Å². The molecule has 0 aromatic heterocycles. The van der Waals surface area contributed by atoms with Crippen LogP contribution in [0, 0.1) is 5.82 Å². The molecule has 6 nitrogen and oxygen atoms in total. The topological polar surface area (TPSA) is 98.5 Å². The summed E-state index contributed by atoms with van der Waals surface area (Å²) in [4.78, 5) is 11.4. The molecule has 9 heteroatoms. The van der Waals surface area contributed by atoms with Crippen molar-refractivity contribution in [2.24, 2.45) is 5.14 Å². The molecule has 0 saturated heterocycles. The number of rotatable bonds is 7. The Labute approximate surface area is 127 Å². The van der Waals surface area contributed by atoms with Gasteiger partial charge in [-0.3, -0.25) is 4.79 Å². The maximum atomic E-state index is 13.6. The third-order valence-electron chi connectivity index (χ3n) is 2.64. The molecule has 21 heavy (non-hydrogen) atoms. The zero-order chi connectivity index (χ0) is 16.0. The van der Waals surface area contributed by atoms with Gasteiger partial charge in [0.05, 0.1) is 15.5 Å². The minimum atomic E-state index is -4.13. The second kappa shape index (κ2) is 7.69. The Kier molecular flexibility index (Phi) is 6.53. The first-order valence-corrected chi connectivity index (χ1v) is 7.98. The Morgan fingerprint density at radius 3 is 2.67 bits per heavy atom. The van der Waals surface area contributed by atoms with Crippen LogP contribution in [-0.4, -0.2) is 34.6 Å². The van der Waals surface area contributed by atoms with Gasteiger partial charge in [-0.15, -0.1) is 0 Å². The third kappa shape index (κ3) is 5.24. The lowest BCUT2D eigenvalue weighted by molar-refractivity contribution is 0.0951. The Hall–Kier alpha value is -1.22. The van der Waals surface area contributed by atoms with E-state index in [4.69, 9.17) is 21.5 Å². The van der Waals surface area contributed by atoms with Crippen LogP contribution in [0.5, 0.6) is 0 Å². The van der Waals surface area contributed by atoms with Crippen molar-refractivity contribution in [1.29, 1.82) is 0 Å². The van der Waals surface area contributed by atoms with Crippen molar-refractivity contribution >= 4 is 27.5 Å². The number of amides is 1. The molecule has 1 aromatic rings. The number of carbonyl (C=O) groups excluding carboxylic acids is 1. The van der Waals surface area contributed by atoms with E-state index in [1.807, 2.05) is 0 Å². The van der Waals surface area contributed by atoms with E-state index in [0.29, 0.717) is 25.6 Å². The van der Waals surface area contributed by atoms with Crippen LogP contribution in [0.15, 0.2) is 17.0 Å². The lowest BCUT2D eigenvalue weighted by atomic mass is 10.2. The number of ether oxygens (including phenoxy) is 1. The predicted molar refractivity (Wildman–Crippen MR) is 76.2 cm³/mol. The molecule has 118 valence electrons. The molecule has 0 saturated carbocycles. The van der Waals surface area contributed by atoms with Crippen LogP contribution in [-0.2, 0) is 14.8 Å². The fraction of sp³-hybridized carbons (Fsp3) is 0.417. The van der Waals surface area contributed by atoms with Gasteiger partial charge in [0.15, 0.2) is 0 Å². The lowest BCUT2D eigenvalue weighted by Crippen LogP contribution is -2.26. The molecule has 0 atom stereocenters. The van der Waals surface area contributed by atoms with Gasteiger partial charge in [0.2, 0.25) is 10.0 Å². The minimum absolute atomic E-state index is 0.271. The molecular weight excluding hydrogens is 323 g/mol. The number of primary sulfonamides is 1. The maximum Gasteiger partial charge on any atom is 0.252 e. The Morgan fingerprint density at radius 1 is 1.43 bits per heavy atom. The maximum absolute atomic E-state index is 13.6. The number of benzene rings is 1. The normalized spacial score (nSPS) is 11.4. The summed E-state index contributed by atoms with van der Waals surface area (Å²) in [5.74, 6) is -1.69. The largest absolute Gasteiger partial charge is 0.385 e. The fourth-order valence-electron chi connectivity index (χ4n) is 1.56. The summed E-state index contributed by atoms with van der Waals surface area (Å²) in [6.45, 7) is 0.895. The second-order valence-corrected chi connectivity index (χ2v) is 6.21. The number of halogens is 2. The van der Waals surface area contributed by atoms with E-state index in [0.717, 1.165) is 12.5 Å². The van der Waals surface area contributed by atoms with Crippen molar-refractivity contribution in [3.63, 3.8) is 0 Å². The molecular formula is C12H16ClFN2O4S. The molecule has 3 N–H and O–H groups in total. The van der Waals surface area contributed by atoms with Gasteiger partial charge in [-0.1, -0.05) is 11.6 Å². The van der Waals surface area contributed by atoms with Crippen molar-refractivity contribution in [2.75, 3.05) is 20.3 Å². The van der Waals surface area contributed by atoms with E-state index in [1.54, 1.807) is 7.11 Å². The number of nitrogens with one attached hydrogen (secondary N) is 1. The Balaban J connectivity index is 2.86. The van der Waals surface area contributed by atoms with Gasteiger partial charge in [-0.25, -0.2) is 17.9 Å². The molecule has 1 rings (SSSR count). The highest BCUT2D eigenvalue weighted by atomic mass is 35.5. The number of methoxy groups -OCH3 is 1. The molecule has 0 heterocycles. The zero-order valence-electron chi connectivity index (χ0n) is 11.4. The number of hydrogen-bond donors (Lipinski definition) is 2. The van der Waals surface area contributed by atoms with Gasteiger partial charge < -0.3 is 10.1 Å². The molecule has 1 amide bonds. The van der Waals surface area contributed by atoms with E-state index < -0.39 is 31.7 Å². The molecule has 0 spiro atoms. The van der Waals surface area contributed by atoms with Gasteiger partial charge in [-0.05, 0) is 25.0 Å². The Bertz CT molecular complexity index is 622. The van der Waals surface area contributed by atoms with Crippen molar-refractivity contribution < 1.29 is 22.3 Å². The van der Waals surface area contributed by atoms with Gasteiger partial charge in [0.1, 0.15) is 5.82 Å². The van der Waals surface area contributed by atoms with Gasteiger partial charge in [0, 0.05) is 20.3 Å². The molecule has 0 radical (unpaired) electrons. The summed E-state index contributed by atoms with van der Waals surface area (Å²) >= 11 is 5.68. The standard InChI is InChI=1S/C12H16ClFN2O4S/c1-20-5-3-2-4-16-12(17)9-6-8(21(15,18)19)7-10(14)11(9)13/h6-7H,2-5H2,1H3,(H,16,17)(H2,15,18,19). The van der Waals surface area contributed by atoms with Crippen LogP contribution in [0.1, 0.15) is 23.2 Å². The number of hydrogen-bond acceptors (Lipinski definition) is 4. The molecule has 1 aromatic carbocycles. The molecule has 0 unspecified atom stereocenters. The summed E-state index contributed by atoms with van der Waals surface area (Å²) in [6.07, 6.45) is 1.41. The van der Waals surface area contributed by atoms with Gasteiger partial charge in [0.25, 0.3) is 5.91 Å².